The Morgan fingerprint density at radius 1 is 1.56 bits per heavy atom. The molecule has 0 atom stereocenters. The Kier molecular flexibility index (Phi) is 4.49. The molecule has 5 nitrogen and oxygen atoms in total. The van der Waals surface area contributed by atoms with Crippen LogP contribution in [-0.4, -0.2) is 29.2 Å². The van der Waals surface area contributed by atoms with Gasteiger partial charge in [-0.2, -0.15) is 0 Å². The predicted octanol–water partition coefficient (Wildman–Crippen LogP) is 2.55. The van der Waals surface area contributed by atoms with E-state index in [0.717, 1.165) is 6.07 Å². The summed E-state index contributed by atoms with van der Waals surface area (Å²) in [6.45, 7) is 3.23. The molecule has 1 N–H and O–H groups in total. The second kappa shape index (κ2) is 5.35. The SMILES string of the molecule is CN(c1cc(F)c(I)cc1[N+](=O)[O-])C(C)(C)CO. The van der Waals surface area contributed by atoms with Crippen LogP contribution in [0, 0.1) is 19.5 Å². The molecule has 18 heavy (non-hydrogen) atoms. The molecule has 1 aromatic rings. The van der Waals surface area contributed by atoms with Gasteiger partial charge in [0, 0.05) is 19.2 Å². The molecule has 0 saturated carbocycles. The highest BCUT2D eigenvalue weighted by atomic mass is 127. The Hall–Kier alpha value is -0.960. The zero-order chi connectivity index (χ0) is 14.1. The number of hydrogen-bond donors (Lipinski definition) is 1. The molecular weight excluding hydrogens is 354 g/mol. The molecule has 1 aromatic carbocycles. The average molecular weight is 368 g/mol. The zero-order valence-corrected chi connectivity index (χ0v) is 12.4. The van der Waals surface area contributed by atoms with Crippen molar-refractivity contribution in [3.05, 3.63) is 31.6 Å². The van der Waals surface area contributed by atoms with Crippen molar-refractivity contribution in [2.75, 3.05) is 18.6 Å². The first-order valence-electron chi connectivity index (χ1n) is 5.19. The largest absolute Gasteiger partial charge is 0.394 e. The highest BCUT2D eigenvalue weighted by Crippen LogP contribution is 2.34. The van der Waals surface area contributed by atoms with Gasteiger partial charge >= 0.3 is 0 Å². The van der Waals surface area contributed by atoms with Crippen LogP contribution in [0.25, 0.3) is 0 Å². The third kappa shape index (κ3) is 2.89. The second-order valence-electron chi connectivity index (χ2n) is 4.54. The van der Waals surface area contributed by atoms with Crippen molar-refractivity contribution in [2.24, 2.45) is 0 Å². The minimum atomic E-state index is -0.718. The molecule has 0 saturated heterocycles. The van der Waals surface area contributed by atoms with Crippen LogP contribution >= 0.6 is 22.6 Å². The van der Waals surface area contributed by atoms with Gasteiger partial charge in [-0.05, 0) is 36.4 Å². The molecule has 0 amide bonds. The maximum absolute atomic E-state index is 13.6. The third-order valence-electron chi connectivity index (χ3n) is 2.87. The van der Waals surface area contributed by atoms with Crippen LogP contribution < -0.4 is 4.90 Å². The molecule has 0 aliphatic heterocycles. The lowest BCUT2D eigenvalue weighted by molar-refractivity contribution is -0.384. The molecule has 0 radical (unpaired) electrons. The van der Waals surface area contributed by atoms with Crippen molar-refractivity contribution in [3.63, 3.8) is 0 Å². The predicted molar refractivity (Wildman–Crippen MR) is 75.3 cm³/mol. The number of nitro benzene ring substituents is 1. The number of rotatable bonds is 4. The fourth-order valence-corrected chi connectivity index (χ4v) is 1.82. The number of hydrogen-bond acceptors (Lipinski definition) is 4. The Morgan fingerprint density at radius 2 is 2.11 bits per heavy atom. The molecule has 100 valence electrons. The molecule has 0 heterocycles. The first-order chi connectivity index (χ1) is 8.20. The normalized spacial score (nSPS) is 11.4. The van der Waals surface area contributed by atoms with Crippen LogP contribution in [0.15, 0.2) is 12.1 Å². The van der Waals surface area contributed by atoms with E-state index in [4.69, 9.17) is 0 Å². The number of aliphatic hydroxyl groups excluding tert-OH is 1. The first-order valence-corrected chi connectivity index (χ1v) is 6.26. The number of halogens is 2. The molecule has 0 spiro atoms. The summed E-state index contributed by atoms with van der Waals surface area (Å²) >= 11 is 1.71. The van der Waals surface area contributed by atoms with Gasteiger partial charge in [0.2, 0.25) is 0 Å². The molecule has 0 fully saturated rings. The standard InChI is InChI=1S/C11H14FIN2O3/c1-11(2,6-16)14(3)9-4-7(12)8(13)5-10(9)15(17)18/h4-5,16H,6H2,1-3H3. The van der Waals surface area contributed by atoms with Gasteiger partial charge in [-0.3, -0.25) is 10.1 Å². The van der Waals surface area contributed by atoms with E-state index in [-0.39, 0.29) is 21.6 Å². The minimum absolute atomic E-state index is 0.150. The quantitative estimate of drug-likeness (QED) is 0.504. The van der Waals surface area contributed by atoms with Crippen molar-refractivity contribution in [3.8, 4) is 0 Å². The van der Waals surface area contributed by atoms with E-state index in [9.17, 15) is 19.6 Å². The van der Waals surface area contributed by atoms with Crippen LogP contribution in [0.3, 0.4) is 0 Å². The van der Waals surface area contributed by atoms with Crippen molar-refractivity contribution in [1.29, 1.82) is 0 Å². The summed E-state index contributed by atoms with van der Waals surface area (Å²) in [7, 11) is 1.59. The summed E-state index contributed by atoms with van der Waals surface area (Å²) in [5.41, 5.74) is -0.744. The van der Waals surface area contributed by atoms with Gasteiger partial charge in [0.1, 0.15) is 11.5 Å². The van der Waals surface area contributed by atoms with Gasteiger partial charge in [0.05, 0.1) is 20.6 Å². The highest BCUT2D eigenvalue weighted by Gasteiger charge is 2.29. The number of aliphatic hydroxyl groups is 1. The van der Waals surface area contributed by atoms with E-state index in [2.05, 4.69) is 0 Å². The summed E-state index contributed by atoms with van der Waals surface area (Å²) in [5.74, 6) is -0.517. The number of anilines is 1. The third-order valence-corrected chi connectivity index (χ3v) is 3.70. The van der Waals surface area contributed by atoms with E-state index in [1.807, 2.05) is 0 Å². The summed E-state index contributed by atoms with van der Waals surface area (Å²) in [6.07, 6.45) is 0. The Labute approximate surface area is 118 Å². The smallest absolute Gasteiger partial charge is 0.293 e. The van der Waals surface area contributed by atoms with Crippen LogP contribution in [0.4, 0.5) is 15.8 Å². The first kappa shape index (κ1) is 15.1. The molecule has 0 bridgehead atoms. The molecule has 0 aliphatic carbocycles. The summed E-state index contributed by atoms with van der Waals surface area (Å²) in [4.78, 5) is 11.9. The van der Waals surface area contributed by atoms with Crippen molar-refractivity contribution < 1.29 is 14.4 Å². The number of nitrogens with zero attached hydrogens (tertiary/aromatic N) is 2. The lowest BCUT2D eigenvalue weighted by Crippen LogP contribution is -2.44. The number of benzene rings is 1. The van der Waals surface area contributed by atoms with Crippen LogP contribution in [0.1, 0.15) is 13.8 Å². The van der Waals surface area contributed by atoms with Crippen LogP contribution in [-0.2, 0) is 0 Å². The molecule has 0 aromatic heterocycles. The van der Waals surface area contributed by atoms with Gasteiger partial charge in [-0.15, -0.1) is 0 Å². The van der Waals surface area contributed by atoms with Gasteiger partial charge in [0.15, 0.2) is 0 Å². The van der Waals surface area contributed by atoms with Crippen LogP contribution in [0.2, 0.25) is 0 Å². The molecule has 0 aliphatic rings. The molecule has 1 rings (SSSR count). The monoisotopic (exact) mass is 368 g/mol. The maximum Gasteiger partial charge on any atom is 0.293 e. The van der Waals surface area contributed by atoms with E-state index in [0.29, 0.717) is 0 Å². The van der Waals surface area contributed by atoms with E-state index in [1.165, 1.54) is 11.0 Å². The zero-order valence-electron chi connectivity index (χ0n) is 10.3. The lowest BCUT2D eigenvalue weighted by Gasteiger charge is -2.35. The van der Waals surface area contributed by atoms with E-state index >= 15 is 0 Å². The fraction of sp³-hybridized carbons (Fsp3) is 0.455. The van der Waals surface area contributed by atoms with Crippen LogP contribution in [0.5, 0.6) is 0 Å². The Balaban J connectivity index is 3.39. The van der Waals surface area contributed by atoms with Gasteiger partial charge in [-0.1, -0.05) is 0 Å². The lowest BCUT2D eigenvalue weighted by atomic mass is 10.0. The molecule has 7 heteroatoms. The topological polar surface area (TPSA) is 66.6 Å². The second-order valence-corrected chi connectivity index (χ2v) is 5.70. The van der Waals surface area contributed by atoms with E-state index < -0.39 is 16.3 Å². The Bertz CT molecular complexity index is 480. The number of likely N-dealkylation sites (N-methyl/N-ethyl adjacent to an activating group) is 1. The highest BCUT2D eigenvalue weighted by molar-refractivity contribution is 14.1. The molecule has 0 unspecified atom stereocenters. The summed E-state index contributed by atoms with van der Waals surface area (Å²) in [5, 5.41) is 20.3. The van der Waals surface area contributed by atoms with Gasteiger partial charge in [0.25, 0.3) is 5.69 Å². The fourth-order valence-electron chi connectivity index (χ4n) is 1.37. The summed E-state index contributed by atoms with van der Waals surface area (Å²) in [6, 6.07) is 2.31. The van der Waals surface area contributed by atoms with Gasteiger partial charge < -0.3 is 10.0 Å². The minimum Gasteiger partial charge on any atom is -0.394 e. The molecular formula is C11H14FIN2O3. The summed E-state index contributed by atoms with van der Waals surface area (Å²) < 4.78 is 13.7. The number of nitro groups is 1. The van der Waals surface area contributed by atoms with E-state index in [1.54, 1.807) is 43.5 Å². The Morgan fingerprint density at radius 3 is 2.56 bits per heavy atom. The van der Waals surface area contributed by atoms with Crippen molar-refractivity contribution in [1.82, 2.24) is 0 Å². The van der Waals surface area contributed by atoms with Gasteiger partial charge in [-0.25, -0.2) is 4.39 Å². The maximum atomic E-state index is 13.6. The van der Waals surface area contributed by atoms with Crippen molar-refractivity contribution in [2.45, 2.75) is 19.4 Å². The average Bonchev–Trinajstić information content (AvgIpc) is 2.30. The van der Waals surface area contributed by atoms with Crippen molar-refractivity contribution >= 4 is 34.0 Å².